The molecular formula is C19H20N4O2S2. The van der Waals surface area contributed by atoms with E-state index in [4.69, 9.17) is 12.2 Å². The number of amides is 2. The van der Waals surface area contributed by atoms with Crippen LogP contribution in [0, 0.1) is 0 Å². The molecule has 0 bridgehead atoms. The Kier molecular flexibility index (Phi) is 5.79. The normalized spacial score (nSPS) is 18.7. The maximum Gasteiger partial charge on any atom is 0.347 e. The minimum absolute atomic E-state index is 0.490. The second-order valence-corrected chi connectivity index (χ2v) is 8.77. The molecule has 140 valence electrons. The lowest BCUT2D eigenvalue weighted by molar-refractivity contribution is -0.114. The van der Waals surface area contributed by atoms with Gasteiger partial charge in [-0.1, -0.05) is 72.5 Å². The number of para-hydroxylation sites is 1. The minimum Gasteiger partial charge on any atom is -0.306 e. The van der Waals surface area contributed by atoms with Crippen LogP contribution in [0.4, 0.5) is 10.5 Å². The van der Waals surface area contributed by atoms with Crippen LogP contribution in [-0.4, -0.2) is 42.8 Å². The molecule has 0 unspecified atom stereocenters. The molecule has 0 aliphatic carbocycles. The average molecular weight is 401 g/mol. The fourth-order valence-corrected chi connectivity index (χ4v) is 4.50. The third-order valence-corrected chi connectivity index (χ3v) is 5.52. The van der Waals surface area contributed by atoms with Crippen LogP contribution in [0.25, 0.3) is 0 Å². The van der Waals surface area contributed by atoms with Crippen molar-refractivity contribution in [1.29, 1.82) is 0 Å². The molecule has 27 heavy (non-hydrogen) atoms. The van der Waals surface area contributed by atoms with E-state index in [1.165, 1.54) is 16.8 Å². The molecule has 2 aromatic carbocycles. The Balaban J connectivity index is 1.81. The van der Waals surface area contributed by atoms with Crippen molar-refractivity contribution >= 4 is 46.2 Å². The van der Waals surface area contributed by atoms with Gasteiger partial charge >= 0.3 is 6.03 Å². The first kappa shape index (κ1) is 19.3. The van der Waals surface area contributed by atoms with Gasteiger partial charge in [0.2, 0.25) is 0 Å². The molecular weight excluding hydrogens is 380 g/mol. The van der Waals surface area contributed by atoms with Crippen molar-refractivity contribution in [3.63, 3.8) is 0 Å². The van der Waals surface area contributed by atoms with E-state index in [1.54, 1.807) is 30.5 Å². The van der Waals surface area contributed by atoms with Crippen molar-refractivity contribution in [2.75, 3.05) is 5.32 Å². The van der Waals surface area contributed by atoms with Gasteiger partial charge in [0.15, 0.2) is 10.5 Å². The molecule has 1 atom stereocenters. The zero-order valence-electron chi connectivity index (χ0n) is 14.9. The number of carbonyl (C=O) groups is 1. The van der Waals surface area contributed by atoms with Crippen molar-refractivity contribution in [2.24, 2.45) is 5.10 Å². The second kappa shape index (κ2) is 8.08. The molecule has 6 nitrogen and oxygen atoms in total. The summed E-state index contributed by atoms with van der Waals surface area (Å²) in [6, 6.07) is 17.9. The van der Waals surface area contributed by atoms with E-state index >= 15 is 0 Å². The van der Waals surface area contributed by atoms with Gasteiger partial charge in [0, 0.05) is 5.69 Å². The molecule has 1 aliphatic rings. The lowest BCUT2D eigenvalue weighted by Crippen LogP contribution is -2.54. The number of urea groups is 1. The number of rotatable bonds is 4. The van der Waals surface area contributed by atoms with Crippen LogP contribution < -0.4 is 5.32 Å². The second-order valence-electron chi connectivity index (χ2n) is 6.49. The van der Waals surface area contributed by atoms with Crippen molar-refractivity contribution in [2.45, 2.75) is 24.8 Å². The summed E-state index contributed by atoms with van der Waals surface area (Å²) >= 11 is 6.81. The zero-order chi connectivity index (χ0) is 19.4. The number of carbonyl (C=O) groups excluding carboxylic acids is 1. The van der Waals surface area contributed by atoms with Gasteiger partial charge in [-0.25, -0.2) is 9.80 Å². The highest BCUT2D eigenvalue weighted by molar-refractivity contribution is 8.24. The predicted molar refractivity (Wildman–Crippen MR) is 113 cm³/mol. The SMILES string of the molecule is CC1(C)SC(=S)N(/N=C\c2ccccc2)[C@@H]1N(O)C(=O)Nc1ccccc1. The Morgan fingerprint density at radius 1 is 1.22 bits per heavy atom. The summed E-state index contributed by atoms with van der Waals surface area (Å²) < 4.78 is -0.0582. The molecule has 1 fully saturated rings. The Labute approximate surface area is 167 Å². The number of nitrogens with zero attached hydrogens (tertiary/aromatic N) is 3. The van der Waals surface area contributed by atoms with E-state index in [2.05, 4.69) is 10.4 Å². The summed E-state index contributed by atoms with van der Waals surface area (Å²) in [6.07, 6.45) is 0.906. The van der Waals surface area contributed by atoms with Crippen LogP contribution >= 0.6 is 24.0 Å². The number of benzene rings is 2. The molecule has 8 heteroatoms. The van der Waals surface area contributed by atoms with Crippen LogP contribution in [0.3, 0.4) is 0 Å². The summed E-state index contributed by atoms with van der Waals surface area (Å²) in [5.41, 5.74) is 1.49. The van der Waals surface area contributed by atoms with E-state index in [0.717, 1.165) is 5.56 Å². The van der Waals surface area contributed by atoms with Crippen molar-refractivity contribution < 1.29 is 10.0 Å². The number of thiocarbonyl (C=S) groups is 1. The first-order valence-electron chi connectivity index (χ1n) is 8.34. The fraction of sp³-hybridized carbons (Fsp3) is 0.211. The van der Waals surface area contributed by atoms with Crippen LogP contribution in [0.1, 0.15) is 19.4 Å². The molecule has 2 N–H and O–H groups in total. The van der Waals surface area contributed by atoms with Gasteiger partial charge in [0.25, 0.3) is 0 Å². The van der Waals surface area contributed by atoms with E-state index in [-0.39, 0.29) is 0 Å². The standard InChI is InChI=1S/C19H20N4O2S2/c1-19(2)16(23(25)17(24)21-15-11-7-4-8-12-15)22(18(26)27-19)20-13-14-9-5-3-6-10-14/h3-13,16,25H,1-2H3,(H,21,24)/b20-13-/t16-/m1/s1. The Hall–Kier alpha value is -2.42. The maximum absolute atomic E-state index is 12.5. The van der Waals surface area contributed by atoms with Gasteiger partial charge in [-0.3, -0.25) is 5.21 Å². The monoisotopic (exact) mass is 400 g/mol. The highest BCUT2D eigenvalue weighted by Gasteiger charge is 2.50. The number of nitrogens with one attached hydrogen (secondary N) is 1. The highest BCUT2D eigenvalue weighted by Crippen LogP contribution is 2.42. The van der Waals surface area contributed by atoms with Crippen LogP contribution in [0.5, 0.6) is 0 Å². The average Bonchev–Trinajstić information content (AvgIpc) is 2.88. The molecule has 3 rings (SSSR count). The molecule has 0 radical (unpaired) electrons. The quantitative estimate of drug-likeness (QED) is 0.345. The van der Waals surface area contributed by atoms with Gasteiger partial charge in [-0.2, -0.15) is 10.2 Å². The van der Waals surface area contributed by atoms with Gasteiger partial charge in [-0.05, 0) is 31.5 Å². The molecule has 2 amide bonds. The van der Waals surface area contributed by atoms with Gasteiger partial charge in [0.1, 0.15) is 0 Å². The largest absolute Gasteiger partial charge is 0.347 e. The van der Waals surface area contributed by atoms with E-state index < -0.39 is 16.9 Å². The third-order valence-electron chi connectivity index (χ3n) is 3.99. The lowest BCUT2D eigenvalue weighted by Gasteiger charge is -2.34. The molecule has 0 saturated carbocycles. The minimum atomic E-state index is -0.751. The number of hydroxylamine groups is 2. The Morgan fingerprint density at radius 3 is 2.44 bits per heavy atom. The molecule has 1 saturated heterocycles. The summed E-state index contributed by atoms with van der Waals surface area (Å²) in [7, 11) is 0. The van der Waals surface area contributed by atoms with Crippen LogP contribution in [-0.2, 0) is 0 Å². The van der Waals surface area contributed by atoms with E-state index in [0.29, 0.717) is 15.1 Å². The summed E-state index contributed by atoms with van der Waals surface area (Å²) in [4.78, 5) is 12.5. The number of anilines is 1. The molecule has 1 heterocycles. The van der Waals surface area contributed by atoms with Gasteiger partial charge < -0.3 is 5.32 Å². The van der Waals surface area contributed by atoms with E-state index in [1.807, 2.05) is 50.2 Å². The topological polar surface area (TPSA) is 68.2 Å². The zero-order valence-corrected chi connectivity index (χ0v) is 16.6. The Bertz CT molecular complexity index is 843. The molecule has 0 spiro atoms. The maximum atomic E-state index is 12.5. The molecule has 2 aromatic rings. The smallest absolute Gasteiger partial charge is 0.306 e. The fourth-order valence-electron chi connectivity index (χ4n) is 2.71. The first-order valence-corrected chi connectivity index (χ1v) is 9.56. The van der Waals surface area contributed by atoms with Gasteiger partial charge in [-0.15, -0.1) is 0 Å². The number of thioether (sulfide) groups is 1. The molecule has 1 aliphatic heterocycles. The first-order chi connectivity index (χ1) is 12.9. The third kappa shape index (κ3) is 4.47. The number of hydrazone groups is 1. The van der Waals surface area contributed by atoms with Crippen molar-refractivity contribution in [3.8, 4) is 0 Å². The summed E-state index contributed by atoms with van der Waals surface area (Å²) in [5.74, 6) is 0. The highest BCUT2D eigenvalue weighted by atomic mass is 32.2. The van der Waals surface area contributed by atoms with Crippen LogP contribution in [0.2, 0.25) is 0 Å². The van der Waals surface area contributed by atoms with E-state index in [9.17, 15) is 10.0 Å². The van der Waals surface area contributed by atoms with Gasteiger partial charge in [0.05, 0.1) is 11.0 Å². The lowest BCUT2D eigenvalue weighted by atomic mass is 10.1. The summed E-state index contributed by atoms with van der Waals surface area (Å²) in [5, 5.41) is 19.9. The van der Waals surface area contributed by atoms with Crippen molar-refractivity contribution in [3.05, 3.63) is 66.2 Å². The predicted octanol–water partition coefficient (Wildman–Crippen LogP) is 4.38. The number of hydrogen-bond donors (Lipinski definition) is 2. The molecule has 0 aromatic heterocycles. The summed E-state index contributed by atoms with van der Waals surface area (Å²) in [6.45, 7) is 3.82. The van der Waals surface area contributed by atoms with Crippen molar-refractivity contribution in [1.82, 2.24) is 10.1 Å². The van der Waals surface area contributed by atoms with Crippen LogP contribution in [0.15, 0.2) is 65.8 Å². The Morgan fingerprint density at radius 2 is 1.81 bits per heavy atom. The number of hydrogen-bond acceptors (Lipinski definition) is 5.